The van der Waals surface area contributed by atoms with Gasteiger partial charge in [0.1, 0.15) is 12.4 Å². The van der Waals surface area contributed by atoms with Crippen molar-refractivity contribution < 1.29 is 28.6 Å². The number of allylic oxidation sites excluding steroid dienone is 1. The number of ether oxygens (including phenoxy) is 3. The van der Waals surface area contributed by atoms with E-state index < -0.39 is 17.8 Å². The molecule has 2 aromatic carbocycles. The lowest BCUT2D eigenvalue weighted by molar-refractivity contribution is -0.113. The minimum atomic E-state index is -0.654. The van der Waals surface area contributed by atoms with Gasteiger partial charge in [-0.15, -0.1) is 16.8 Å². The molecule has 0 spiro atoms. The number of amides is 1. The van der Waals surface area contributed by atoms with E-state index in [1.54, 1.807) is 6.08 Å². The standard InChI is InChI=1S/C26H28N4O6S/c1-6-11-30-22(14-36-21-12-16(2)7-8-17(21)3)28-29-26(30)37-15-23(31)27-20-13-18(24(32)34-4)9-10-19(20)25(33)35-5/h6-10,12-13H,1,11,14-15H2,2-5H3,(H,27,31). The third-order valence-corrected chi connectivity index (χ3v) is 6.22. The summed E-state index contributed by atoms with van der Waals surface area (Å²) < 4.78 is 17.3. The van der Waals surface area contributed by atoms with Gasteiger partial charge in [-0.05, 0) is 49.2 Å². The quantitative estimate of drug-likeness (QED) is 0.226. The molecule has 11 heteroatoms. The fourth-order valence-corrected chi connectivity index (χ4v) is 4.11. The second-order valence-electron chi connectivity index (χ2n) is 7.94. The van der Waals surface area contributed by atoms with Crippen molar-refractivity contribution in [2.24, 2.45) is 0 Å². The Bertz CT molecular complexity index is 1320. The van der Waals surface area contributed by atoms with E-state index in [0.717, 1.165) is 28.6 Å². The normalized spacial score (nSPS) is 10.5. The molecule has 37 heavy (non-hydrogen) atoms. The van der Waals surface area contributed by atoms with Crippen LogP contribution in [0.5, 0.6) is 5.75 Å². The van der Waals surface area contributed by atoms with Gasteiger partial charge in [-0.25, -0.2) is 9.59 Å². The summed E-state index contributed by atoms with van der Waals surface area (Å²) in [6, 6.07) is 10.1. The van der Waals surface area contributed by atoms with E-state index in [2.05, 4.69) is 22.1 Å². The highest BCUT2D eigenvalue weighted by Gasteiger charge is 2.19. The summed E-state index contributed by atoms with van der Waals surface area (Å²) >= 11 is 1.16. The second kappa shape index (κ2) is 12.7. The van der Waals surface area contributed by atoms with Gasteiger partial charge in [0.25, 0.3) is 0 Å². The smallest absolute Gasteiger partial charge is 0.339 e. The molecule has 0 saturated heterocycles. The molecule has 1 heterocycles. The third-order valence-electron chi connectivity index (χ3n) is 5.26. The lowest BCUT2D eigenvalue weighted by atomic mass is 10.1. The van der Waals surface area contributed by atoms with Crippen LogP contribution in [0.3, 0.4) is 0 Å². The molecule has 3 aromatic rings. The van der Waals surface area contributed by atoms with E-state index in [9.17, 15) is 14.4 Å². The number of nitrogens with zero attached hydrogens (tertiary/aromatic N) is 3. The van der Waals surface area contributed by atoms with Gasteiger partial charge in [-0.1, -0.05) is 30.0 Å². The molecular weight excluding hydrogens is 496 g/mol. The van der Waals surface area contributed by atoms with Crippen molar-refractivity contribution >= 4 is 35.3 Å². The van der Waals surface area contributed by atoms with E-state index in [0.29, 0.717) is 17.5 Å². The predicted molar refractivity (Wildman–Crippen MR) is 139 cm³/mol. The number of esters is 2. The number of aromatic nitrogens is 3. The monoisotopic (exact) mass is 524 g/mol. The molecule has 10 nitrogen and oxygen atoms in total. The summed E-state index contributed by atoms with van der Waals surface area (Å²) in [5, 5.41) is 11.6. The number of carbonyl (C=O) groups is 3. The van der Waals surface area contributed by atoms with Gasteiger partial charge in [-0.3, -0.25) is 9.36 Å². The second-order valence-corrected chi connectivity index (χ2v) is 8.88. The van der Waals surface area contributed by atoms with E-state index >= 15 is 0 Å². The van der Waals surface area contributed by atoms with Gasteiger partial charge in [0.05, 0.1) is 36.8 Å². The summed E-state index contributed by atoms with van der Waals surface area (Å²) in [6.07, 6.45) is 1.70. The molecule has 3 rings (SSSR count). The van der Waals surface area contributed by atoms with Gasteiger partial charge < -0.3 is 19.5 Å². The zero-order valence-electron chi connectivity index (χ0n) is 21.1. The number of benzene rings is 2. The molecule has 0 unspecified atom stereocenters. The van der Waals surface area contributed by atoms with Crippen LogP contribution in [0.25, 0.3) is 0 Å². The highest BCUT2D eigenvalue weighted by molar-refractivity contribution is 7.99. The minimum Gasteiger partial charge on any atom is -0.485 e. The number of rotatable bonds is 11. The zero-order valence-corrected chi connectivity index (χ0v) is 21.9. The third kappa shape index (κ3) is 6.98. The summed E-state index contributed by atoms with van der Waals surface area (Å²) in [5.74, 6) is -0.359. The Kier molecular flexibility index (Phi) is 9.45. The van der Waals surface area contributed by atoms with E-state index in [1.165, 1.54) is 32.4 Å². The molecule has 0 saturated carbocycles. The van der Waals surface area contributed by atoms with Crippen LogP contribution in [0.4, 0.5) is 5.69 Å². The van der Waals surface area contributed by atoms with Crippen LogP contribution in [-0.4, -0.2) is 52.6 Å². The lowest BCUT2D eigenvalue weighted by Crippen LogP contribution is -2.18. The number of methoxy groups -OCH3 is 2. The number of hydrogen-bond donors (Lipinski definition) is 1. The Labute approximate surface area is 219 Å². The molecule has 0 aliphatic carbocycles. The van der Waals surface area contributed by atoms with Crippen molar-refractivity contribution in [1.29, 1.82) is 0 Å². The van der Waals surface area contributed by atoms with Crippen LogP contribution in [0.1, 0.15) is 37.7 Å². The SMILES string of the molecule is C=CCn1c(COc2cc(C)ccc2C)nnc1SCC(=O)Nc1cc(C(=O)OC)ccc1C(=O)OC. The maximum atomic E-state index is 12.8. The van der Waals surface area contributed by atoms with Crippen molar-refractivity contribution in [2.75, 3.05) is 25.3 Å². The Morgan fingerprint density at radius 3 is 2.51 bits per heavy atom. The van der Waals surface area contributed by atoms with Crippen LogP contribution in [0, 0.1) is 13.8 Å². The maximum Gasteiger partial charge on any atom is 0.339 e. The van der Waals surface area contributed by atoms with Gasteiger partial charge >= 0.3 is 11.9 Å². The lowest BCUT2D eigenvalue weighted by Gasteiger charge is -2.12. The van der Waals surface area contributed by atoms with Crippen molar-refractivity contribution in [2.45, 2.75) is 32.2 Å². The topological polar surface area (TPSA) is 122 Å². The van der Waals surface area contributed by atoms with E-state index in [4.69, 9.17) is 14.2 Å². The molecule has 1 N–H and O–H groups in total. The van der Waals surface area contributed by atoms with Gasteiger partial charge in [0.15, 0.2) is 11.0 Å². The molecule has 194 valence electrons. The van der Waals surface area contributed by atoms with Crippen LogP contribution < -0.4 is 10.1 Å². The van der Waals surface area contributed by atoms with Crippen molar-refractivity contribution in [3.63, 3.8) is 0 Å². The first kappa shape index (κ1) is 27.5. The number of nitrogens with one attached hydrogen (secondary N) is 1. The van der Waals surface area contributed by atoms with Crippen molar-refractivity contribution in [3.05, 3.63) is 77.1 Å². The fraction of sp³-hybridized carbons (Fsp3) is 0.269. The highest BCUT2D eigenvalue weighted by atomic mass is 32.2. The van der Waals surface area contributed by atoms with Crippen molar-refractivity contribution in [1.82, 2.24) is 14.8 Å². The molecule has 0 aliphatic heterocycles. The van der Waals surface area contributed by atoms with E-state index in [-0.39, 0.29) is 29.2 Å². The van der Waals surface area contributed by atoms with Gasteiger partial charge in [0.2, 0.25) is 5.91 Å². The first-order chi connectivity index (χ1) is 17.8. The number of carbonyl (C=O) groups excluding carboxylic acids is 3. The largest absolute Gasteiger partial charge is 0.485 e. The first-order valence-corrected chi connectivity index (χ1v) is 12.2. The summed E-state index contributed by atoms with van der Waals surface area (Å²) in [5.41, 5.74) is 2.51. The van der Waals surface area contributed by atoms with Crippen LogP contribution >= 0.6 is 11.8 Å². The van der Waals surface area contributed by atoms with Crippen molar-refractivity contribution in [3.8, 4) is 5.75 Å². The predicted octanol–water partition coefficient (Wildman–Crippen LogP) is 3.96. The number of hydrogen-bond acceptors (Lipinski definition) is 9. The maximum absolute atomic E-state index is 12.8. The van der Waals surface area contributed by atoms with Crippen LogP contribution in [0.15, 0.2) is 54.2 Å². The Morgan fingerprint density at radius 2 is 1.81 bits per heavy atom. The molecule has 0 bridgehead atoms. The number of aryl methyl sites for hydroxylation is 2. The first-order valence-electron chi connectivity index (χ1n) is 11.2. The molecular formula is C26H28N4O6S. The molecule has 0 atom stereocenters. The van der Waals surface area contributed by atoms with Crippen LogP contribution in [0.2, 0.25) is 0 Å². The number of thioether (sulfide) groups is 1. The average molecular weight is 525 g/mol. The Morgan fingerprint density at radius 1 is 1.05 bits per heavy atom. The molecule has 1 amide bonds. The zero-order chi connectivity index (χ0) is 26.9. The molecule has 0 fully saturated rings. The molecule has 0 aliphatic rings. The van der Waals surface area contributed by atoms with Gasteiger partial charge in [0, 0.05) is 6.54 Å². The van der Waals surface area contributed by atoms with E-state index in [1.807, 2.05) is 36.6 Å². The molecule has 0 radical (unpaired) electrons. The Hall–Kier alpha value is -4.12. The van der Waals surface area contributed by atoms with Gasteiger partial charge in [-0.2, -0.15) is 0 Å². The molecule has 1 aromatic heterocycles. The Balaban J connectivity index is 1.72. The summed E-state index contributed by atoms with van der Waals surface area (Å²) in [6.45, 7) is 8.37. The highest BCUT2D eigenvalue weighted by Crippen LogP contribution is 2.24. The minimum absolute atomic E-state index is 0.0316. The number of anilines is 1. The van der Waals surface area contributed by atoms with Crippen LogP contribution in [-0.2, 0) is 27.4 Å². The fourth-order valence-electron chi connectivity index (χ4n) is 3.35. The summed E-state index contributed by atoms with van der Waals surface area (Å²) in [7, 11) is 2.47. The average Bonchev–Trinajstić information content (AvgIpc) is 3.28. The summed E-state index contributed by atoms with van der Waals surface area (Å²) in [4.78, 5) is 36.8.